The smallest absolute Gasteiger partial charge is 0.249 e. The molecule has 1 amide bonds. The summed E-state index contributed by atoms with van der Waals surface area (Å²) in [4.78, 5) is 14.3. The zero-order valence-electron chi connectivity index (χ0n) is 8.01. The number of carbonyl (C=O) groups is 1. The van der Waals surface area contributed by atoms with Gasteiger partial charge in [0.1, 0.15) is 17.6 Å². The predicted molar refractivity (Wildman–Crippen MR) is 49.1 cm³/mol. The average Bonchev–Trinajstić information content (AvgIpc) is 2.19. The third-order valence-electron chi connectivity index (χ3n) is 1.88. The number of aliphatic hydroxyl groups excluding tert-OH is 2. The average molecular weight is 214 g/mol. The molecule has 1 rings (SSSR count). The van der Waals surface area contributed by atoms with Crippen LogP contribution in [0.1, 0.15) is 17.5 Å². The van der Waals surface area contributed by atoms with Gasteiger partial charge in [-0.3, -0.25) is 9.78 Å². The first-order chi connectivity index (χ1) is 6.93. The maximum absolute atomic E-state index is 13.2. The number of halogens is 1. The molecule has 1 heterocycles. The Hall–Kier alpha value is -1.53. The number of aliphatic hydroxyl groups is 2. The van der Waals surface area contributed by atoms with Crippen LogP contribution < -0.4 is 5.73 Å². The number of aromatic nitrogens is 1. The number of pyridine rings is 1. The van der Waals surface area contributed by atoms with Crippen LogP contribution in [0, 0.1) is 12.7 Å². The van der Waals surface area contributed by atoms with Crippen molar-refractivity contribution in [2.45, 2.75) is 19.1 Å². The summed E-state index contributed by atoms with van der Waals surface area (Å²) in [7, 11) is 0. The maximum Gasteiger partial charge on any atom is 0.249 e. The summed E-state index contributed by atoms with van der Waals surface area (Å²) in [6, 6.07) is 2.50. The predicted octanol–water partition coefficient (Wildman–Crippen LogP) is -0.591. The standard InChI is InChI=1S/C9H11FN2O3/c1-4-2-3-5(10)6(12-4)7(13)8(14)9(11)15/h2-3,7-8,13-14H,1H3,(H2,11,15). The fourth-order valence-electron chi connectivity index (χ4n) is 1.07. The minimum Gasteiger partial charge on any atom is -0.383 e. The molecule has 1 aromatic rings. The first kappa shape index (κ1) is 11.5. The first-order valence-corrected chi connectivity index (χ1v) is 4.22. The van der Waals surface area contributed by atoms with Crippen LogP contribution in [0.2, 0.25) is 0 Å². The summed E-state index contributed by atoms with van der Waals surface area (Å²) in [5, 5.41) is 18.5. The Balaban J connectivity index is 3.04. The first-order valence-electron chi connectivity index (χ1n) is 4.22. The van der Waals surface area contributed by atoms with Gasteiger partial charge in [-0.25, -0.2) is 4.39 Å². The van der Waals surface area contributed by atoms with Gasteiger partial charge in [0.15, 0.2) is 6.10 Å². The third kappa shape index (κ3) is 2.48. The summed E-state index contributed by atoms with van der Waals surface area (Å²) >= 11 is 0. The van der Waals surface area contributed by atoms with Gasteiger partial charge in [-0.15, -0.1) is 0 Å². The number of hydrogen-bond donors (Lipinski definition) is 3. The molecule has 0 aliphatic carbocycles. The highest BCUT2D eigenvalue weighted by Gasteiger charge is 2.27. The molecule has 6 heteroatoms. The molecule has 0 radical (unpaired) electrons. The number of aryl methyl sites for hydroxylation is 1. The van der Waals surface area contributed by atoms with Crippen molar-refractivity contribution < 1.29 is 19.4 Å². The van der Waals surface area contributed by atoms with E-state index >= 15 is 0 Å². The number of primary amides is 1. The highest BCUT2D eigenvalue weighted by atomic mass is 19.1. The van der Waals surface area contributed by atoms with Gasteiger partial charge in [0.05, 0.1) is 0 Å². The zero-order valence-corrected chi connectivity index (χ0v) is 8.01. The molecule has 4 N–H and O–H groups in total. The second kappa shape index (κ2) is 4.33. The Kier molecular flexibility index (Phi) is 3.33. The molecule has 0 spiro atoms. The monoisotopic (exact) mass is 214 g/mol. The van der Waals surface area contributed by atoms with Crippen molar-refractivity contribution in [2.24, 2.45) is 5.73 Å². The molecule has 82 valence electrons. The molecule has 2 unspecified atom stereocenters. The molecule has 0 fully saturated rings. The summed E-state index contributed by atoms with van der Waals surface area (Å²) in [5.41, 5.74) is 4.84. The third-order valence-corrected chi connectivity index (χ3v) is 1.88. The highest BCUT2D eigenvalue weighted by molar-refractivity contribution is 5.79. The molecule has 15 heavy (non-hydrogen) atoms. The van der Waals surface area contributed by atoms with E-state index in [1.54, 1.807) is 6.92 Å². The molecule has 2 atom stereocenters. The number of amides is 1. The van der Waals surface area contributed by atoms with E-state index < -0.39 is 23.9 Å². The molecule has 0 aromatic carbocycles. The Morgan fingerprint density at radius 3 is 2.67 bits per heavy atom. The van der Waals surface area contributed by atoms with E-state index in [2.05, 4.69) is 4.98 Å². The molecular formula is C9H11FN2O3. The maximum atomic E-state index is 13.2. The van der Waals surface area contributed by atoms with Crippen LogP contribution in [-0.2, 0) is 4.79 Å². The minimum absolute atomic E-state index is 0.388. The van der Waals surface area contributed by atoms with Crippen LogP contribution in [-0.4, -0.2) is 27.2 Å². The van der Waals surface area contributed by atoms with Crippen LogP contribution in [0.3, 0.4) is 0 Å². The minimum atomic E-state index is -1.87. The Labute approximate surface area is 85.4 Å². The van der Waals surface area contributed by atoms with Gasteiger partial charge in [-0.1, -0.05) is 0 Å². The van der Waals surface area contributed by atoms with Crippen LogP contribution in [0.25, 0.3) is 0 Å². The van der Waals surface area contributed by atoms with Crippen molar-refractivity contribution in [3.63, 3.8) is 0 Å². The molecule has 0 saturated carbocycles. The summed E-state index contributed by atoms with van der Waals surface area (Å²) < 4.78 is 13.2. The van der Waals surface area contributed by atoms with E-state index in [-0.39, 0.29) is 5.69 Å². The molecule has 1 aromatic heterocycles. The van der Waals surface area contributed by atoms with Crippen molar-refractivity contribution in [3.8, 4) is 0 Å². The van der Waals surface area contributed by atoms with E-state index in [1.165, 1.54) is 6.07 Å². The summed E-state index contributed by atoms with van der Waals surface area (Å²) in [5.74, 6) is -1.93. The number of nitrogens with two attached hydrogens (primary N) is 1. The Morgan fingerprint density at radius 1 is 1.53 bits per heavy atom. The van der Waals surface area contributed by atoms with Gasteiger partial charge in [0.25, 0.3) is 0 Å². The summed E-state index contributed by atoms with van der Waals surface area (Å²) in [6.45, 7) is 1.59. The lowest BCUT2D eigenvalue weighted by molar-refractivity contribution is -0.132. The van der Waals surface area contributed by atoms with E-state index in [4.69, 9.17) is 10.8 Å². The molecule has 0 saturated heterocycles. The van der Waals surface area contributed by atoms with Gasteiger partial charge >= 0.3 is 0 Å². The van der Waals surface area contributed by atoms with E-state index in [9.17, 15) is 14.3 Å². The number of hydrogen-bond acceptors (Lipinski definition) is 4. The van der Waals surface area contributed by atoms with E-state index in [0.717, 1.165) is 6.07 Å². The van der Waals surface area contributed by atoms with Crippen molar-refractivity contribution >= 4 is 5.91 Å². The molecular weight excluding hydrogens is 203 g/mol. The number of nitrogens with zero attached hydrogens (tertiary/aromatic N) is 1. The van der Waals surface area contributed by atoms with Crippen LogP contribution in [0.4, 0.5) is 4.39 Å². The van der Waals surface area contributed by atoms with Gasteiger partial charge in [-0.05, 0) is 19.1 Å². The van der Waals surface area contributed by atoms with Gasteiger partial charge in [0.2, 0.25) is 5.91 Å². The SMILES string of the molecule is Cc1ccc(F)c(C(O)C(O)C(N)=O)n1. The fraction of sp³-hybridized carbons (Fsp3) is 0.333. The van der Waals surface area contributed by atoms with Crippen LogP contribution in [0.5, 0.6) is 0 Å². The van der Waals surface area contributed by atoms with Gasteiger partial charge < -0.3 is 15.9 Å². The second-order valence-corrected chi connectivity index (χ2v) is 3.11. The lowest BCUT2D eigenvalue weighted by atomic mass is 10.1. The van der Waals surface area contributed by atoms with Crippen LogP contribution >= 0.6 is 0 Å². The normalized spacial score (nSPS) is 14.7. The van der Waals surface area contributed by atoms with Crippen LogP contribution in [0.15, 0.2) is 12.1 Å². The largest absolute Gasteiger partial charge is 0.383 e. The lowest BCUT2D eigenvalue weighted by Crippen LogP contribution is -2.34. The van der Waals surface area contributed by atoms with Crippen molar-refractivity contribution in [1.82, 2.24) is 4.98 Å². The molecule has 5 nitrogen and oxygen atoms in total. The molecule has 0 bridgehead atoms. The highest BCUT2D eigenvalue weighted by Crippen LogP contribution is 2.18. The summed E-state index contributed by atoms with van der Waals surface area (Å²) in [6.07, 6.45) is -3.61. The number of rotatable bonds is 3. The van der Waals surface area contributed by atoms with Crippen molar-refractivity contribution in [3.05, 3.63) is 29.3 Å². The number of carbonyl (C=O) groups excluding carboxylic acids is 1. The topological polar surface area (TPSA) is 96.4 Å². The molecule has 0 aliphatic rings. The van der Waals surface area contributed by atoms with Gasteiger partial charge in [-0.2, -0.15) is 0 Å². The molecule has 0 aliphatic heterocycles. The van der Waals surface area contributed by atoms with Gasteiger partial charge in [0, 0.05) is 5.69 Å². The van der Waals surface area contributed by atoms with E-state index in [1.807, 2.05) is 0 Å². The second-order valence-electron chi connectivity index (χ2n) is 3.11. The quantitative estimate of drug-likeness (QED) is 0.626. The van der Waals surface area contributed by atoms with E-state index in [0.29, 0.717) is 5.69 Å². The zero-order chi connectivity index (χ0) is 11.6. The lowest BCUT2D eigenvalue weighted by Gasteiger charge is -2.15. The van der Waals surface area contributed by atoms with Crippen molar-refractivity contribution in [2.75, 3.05) is 0 Å². The fourth-order valence-corrected chi connectivity index (χ4v) is 1.07. The van der Waals surface area contributed by atoms with Crippen molar-refractivity contribution in [1.29, 1.82) is 0 Å². The Morgan fingerprint density at radius 2 is 2.13 bits per heavy atom. The Bertz CT molecular complexity index is 384.